The van der Waals surface area contributed by atoms with Crippen molar-refractivity contribution in [3.05, 3.63) is 44.9 Å². The van der Waals surface area contributed by atoms with Crippen LogP contribution in [0.2, 0.25) is 5.02 Å². The van der Waals surface area contributed by atoms with E-state index in [4.69, 9.17) is 16.3 Å². The number of hydrogen-bond donors (Lipinski definition) is 0. The Hall–Kier alpha value is -1.59. The lowest BCUT2D eigenvalue weighted by Crippen LogP contribution is -2.30. The van der Waals surface area contributed by atoms with Gasteiger partial charge in [0.25, 0.3) is 5.91 Å². The molecule has 2 rings (SSSR count). The summed E-state index contributed by atoms with van der Waals surface area (Å²) in [6.45, 7) is 4.92. The third-order valence-electron chi connectivity index (χ3n) is 3.34. The van der Waals surface area contributed by atoms with E-state index in [1.165, 1.54) is 11.3 Å². The molecule has 1 aromatic heterocycles. The van der Waals surface area contributed by atoms with Gasteiger partial charge in [0, 0.05) is 12.1 Å². The number of thiazole rings is 1. The summed E-state index contributed by atoms with van der Waals surface area (Å²) < 4.78 is 5.63. The van der Waals surface area contributed by atoms with Crippen LogP contribution in [0, 0.1) is 6.92 Å². The van der Waals surface area contributed by atoms with Crippen molar-refractivity contribution in [3.8, 4) is 5.75 Å². The molecule has 1 heterocycles. The fourth-order valence-electron chi connectivity index (χ4n) is 2.10. The molecule has 0 saturated heterocycles. The van der Waals surface area contributed by atoms with Crippen LogP contribution in [0.25, 0.3) is 0 Å². The Labute approximate surface area is 146 Å². The number of likely N-dealkylation sites (N-methyl/N-ethyl adjacent to an activating group) is 1. The molecule has 0 radical (unpaired) electrons. The average molecular weight is 353 g/mol. The van der Waals surface area contributed by atoms with Gasteiger partial charge in [-0.3, -0.25) is 4.79 Å². The molecule has 2 aromatic rings. The highest BCUT2D eigenvalue weighted by atomic mass is 35.5. The summed E-state index contributed by atoms with van der Waals surface area (Å²) in [5.41, 5.74) is 0.811. The van der Waals surface area contributed by atoms with Gasteiger partial charge in [-0.05, 0) is 38.0 Å². The lowest BCUT2D eigenvalue weighted by molar-refractivity contribution is 0.0777. The van der Waals surface area contributed by atoms with E-state index in [0.717, 1.165) is 28.4 Å². The summed E-state index contributed by atoms with van der Waals surface area (Å²) in [6, 6.07) is 7.23. The Balaban J connectivity index is 1.90. The molecular weight excluding hydrogens is 332 g/mol. The quantitative estimate of drug-likeness (QED) is 0.749. The second-order valence-corrected chi connectivity index (χ2v) is 6.82. The van der Waals surface area contributed by atoms with E-state index >= 15 is 0 Å². The maximum atomic E-state index is 12.5. The third kappa shape index (κ3) is 4.94. The second-order valence-electron chi connectivity index (χ2n) is 5.30. The maximum Gasteiger partial charge on any atom is 0.265 e. The van der Waals surface area contributed by atoms with Crippen molar-refractivity contribution < 1.29 is 9.53 Å². The largest absolute Gasteiger partial charge is 0.492 e. The minimum atomic E-state index is -0.00273. The van der Waals surface area contributed by atoms with Gasteiger partial charge in [0.2, 0.25) is 0 Å². The molecule has 0 N–H and O–H groups in total. The normalized spacial score (nSPS) is 10.6. The predicted octanol–water partition coefficient (Wildman–Crippen LogP) is 4.21. The van der Waals surface area contributed by atoms with Crippen LogP contribution in [0.4, 0.5) is 0 Å². The topological polar surface area (TPSA) is 42.4 Å². The number of benzene rings is 1. The van der Waals surface area contributed by atoms with Crippen molar-refractivity contribution in [2.45, 2.75) is 26.7 Å². The Morgan fingerprint density at radius 1 is 1.43 bits per heavy atom. The van der Waals surface area contributed by atoms with E-state index < -0.39 is 0 Å². The molecule has 0 atom stereocenters. The fraction of sp³-hybridized carbons (Fsp3) is 0.412. The van der Waals surface area contributed by atoms with E-state index in [1.807, 2.05) is 19.1 Å². The van der Waals surface area contributed by atoms with Crippen LogP contribution in [0.1, 0.15) is 33.7 Å². The number of halogens is 1. The first-order valence-corrected chi connectivity index (χ1v) is 8.80. The maximum absolute atomic E-state index is 12.5. The van der Waals surface area contributed by atoms with Crippen molar-refractivity contribution >= 4 is 28.8 Å². The summed E-state index contributed by atoms with van der Waals surface area (Å²) in [5.74, 6) is 0.703. The Morgan fingerprint density at radius 3 is 2.91 bits per heavy atom. The average Bonchev–Trinajstić information content (AvgIpc) is 2.87. The number of carbonyl (C=O) groups is 1. The minimum Gasteiger partial charge on any atom is -0.492 e. The summed E-state index contributed by atoms with van der Waals surface area (Å²) >= 11 is 7.40. The summed E-state index contributed by atoms with van der Waals surface area (Å²) in [6.07, 6.45) is 1.95. The number of rotatable bonds is 7. The number of nitrogens with zero attached hydrogens (tertiary/aromatic N) is 2. The van der Waals surface area contributed by atoms with Crippen LogP contribution in [-0.4, -0.2) is 36.0 Å². The van der Waals surface area contributed by atoms with Crippen molar-refractivity contribution in [1.29, 1.82) is 0 Å². The molecule has 0 bridgehead atoms. The zero-order valence-corrected chi connectivity index (χ0v) is 15.2. The first-order valence-electron chi connectivity index (χ1n) is 7.61. The standard InChI is InChI=1S/C17H21ClN2O2S/c1-4-6-15-19-12(2)16(23-15)17(21)20(3)9-10-22-14-8-5-7-13(18)11-14/h5,7-8,11H,4,6,9-10H2,1-3H3. The number of aromatic nitrogens is 1. The minimum absolute atomic E-state index is 0.00273. The SMILES string of the molecule is CCCc1nc(C)c(C(=O)N(C)CCOc2cccc(Cl)c2)s1. The molecule has 124 valence electrons. The highest BCUT2D eigenvalue weighted by molar-refractivity contribution is 7.13. The van der Waals surface area contributed by atoms with Gasteiger partial charge in [0.15, 0.2) is 0 Å². The predicted molar refractivity (Wildman–Crippen MR) is 94.8 cm³/mol. The van der Waals surface area contributed by atoms with Gasteiger partial charge in [0.1, 0.15) is 17.2 Å². The molecule has 0 aliphatic heterocycles. The van der Waals surface area contributed by atoms with Crippen LogP contribution in [0.15, 0.2) is 24.3 Å². The number of aryl methyl sites for hydroxylation is 2. The summed E-state index contributed by atoms with van der Waals surface area (Å²) in [4.78, 5) is 19.4. The van der Waals surface area contributed by atoms with Gasteiger partial charge in [-0.25, -0.2) is 4.98 Å². The van der Waals surface area contributed by atoms with Crippen LogP contribution in [-0.2, 0) is 6.42 Å². The van der Waals surface area contributed by atoms with Crippen molar-refractivity contribution in [1.82, 2.24) is 9.88 Å². The number of carbonyl (C=O) groups excluding carboxylic acids is 1. The molecule has 0 fully saturated rings. The van der Waals surface area contributed by atoms with Crippen molar-refractivity contribution in [2.24, 2.45) is 0 Å². The smallest absolute Gasteiger partial charge is 0.265 e. The summed E-state index contributed by atoms with van der Waals surface area (Å²) in [5, 5.41) is 1.66. The molecule has 4 nitrogen and oxygen atoms in total. The molecule has 6 heteroatoms. The number of hydrogen-bond acceptors (Lipinski definition) is 4. The molecule has 0 saturated carbocycles. The second kappa shape index (κ2) is 8.31. The first-order chi connectivity index (χ1) is 11.0. The molecule has 1 amide bonds. The Kier molecular flexibility index (Phi) is 6.42. The molecular formula is C17H21ClN2O2S. The first kappa shape index (κ1) is 17.8. The van der Waals surface area contributed by atoms with E-state index in [2.05, 4.69) is 11.9 Å². The van der Waals surface area contributed by atoms with E-state index in [0.29, 0.717) is 23.9 Å². The highest BCUT2D eigenvalue weighted by Crippen LogP contribution is 2.21. The van der Waals surface area contributed by atoms with Crippen LogP contribution in [0.3, 0.4) is 0 Å². The lowest BCUT2D eigenvalue weighted by Gasteiger charge is -2.17. The van der Waals surface area contributed by atoms with Gasteiger partial charge >= 0.3 is 0 Å². The summed E-state index contributed by atoms with van der Waals surface area (Å²) in [7, 11) is 1.78. The molecule has 0 aliphatic carbocycles. The van der Waals surface area contributed by atoms with Gasteiger partial charge in [-0.15, -0.1) is 11.3 Å². The Bertz CT molecular complexity index is 672. The molecule has 0 spiro atoms. The van der Waals surface area contributed by atoms with E-state index in [1.54, 1.807) is 24.1 Å². The van der Waals surface area contributed by atoms with Crippen molar-refractivity contribution in [3.63, 3.8) is 0 Å². The number of amides is 1. The monoisotopic (exact) mass is 352 g/mol. The Morgan fingerprint density at radius 2 is 2.22 bits per heavy atom. The van der Waals surface area contributed by atoms with Crippen LogP contribution >= 0.6 is 22.9 Å². The molecule has 0 aliphatic rings. The van der Waals surface area contributed by atoms with E-state index in [-0.39, 0.29) is 5.91 Å². The fourth-order valence-corrected chi connectivity index (χ4v) is 3.44. The van der Waals surface area contributed by atoms with Gasteiger partial charge < -0.3 is 9.64 Å². The van der Waals surface area contributed by atoms with Crippen molar-refractivity contribution in [2.75, 3.05) is 20.2 Å². The zero-order valence-electron chi connectivity index (χ0n) is 13.6. The van der Waals surface area contributed by atoms with Gasteiger partial charge in [0.05, 0.1) is 17.2 Å². The van der Waals surface area contributed by atoms with E-state index in [9.17, 15) is 4.79 Å². The van der Waals surface area contributed by atoms with Gasteiger partial charge in [-0.1, -0.05) is 24.6 Å². The zero-order chi connectivity index (χ0) is 16.8. The molecule has 1 aromatic carbocycles. The van der Waals surface area contributed by atoms with Crippen LogP contribution in [0.5, 0.6) is 5.75 Å². The number of ether oxygens (including phenoxy) is 1. The van der Waals surface area contributed by atoms with Gasteiger partial charge in [-0.2, -0.15) is 0 Å². The van der Waals surface area contributed by atoms with Crippen LogP contribution < -0.4 is 4.74 Å². The molecule has 23 heavy (non-hydrogen) atoms. The lowest BCUT2D eigenvalue weighted by atomic mass is 10.3. The highest BCUT2D eigenvalue weighted by Gasteiger charge is 2.18. The third-order valence-corrected chi connectivity index (χ3v) is 4.78. The molecule has 0 unspecified atom stereocenters.